The number of halogens is 2. The van der Waals surface area contributed by atoms with Crippen LogP contribution >= 0.6 is 22.9 Å². The smallest absolute Gasteiger partial charge is 0.260 e. The normalized spacial score (nSPS) is 14.9. The van der Waals surface area contributed by atoms with Gasteiger partial charge in [-0.3, -0.25) is 4.79 Å². The second kappa shape index (κ2) is 7.14. The van der Waals surface area contributed by atoms with Gasteiger partial charge >= 0.3 is 0 Å². The lowest BCUT2D eigenvalue weighted by Gasteiger charge is -2.34. The van der Waals surface area contributed by atoms with Crippen LogP contribution in [-0.4, -0.2) is 48.6 Å². The molecule has 0 unspecified atom stereocenters. The van der Waals surface area contributed by atoms with Crippen LogP contribution in [0, 0.1) is 5.82 Å². The van der Waals surface area contributed by atoms with E-state index in [9.17, 15) is 9.18 Å². The van der Waals surface area contributed by atoms with Gasteiger partial charge in [-0.1, -0.05) is 11.6 Å². The molecule has 0 atom stereocenters. The largest absolute Gasteiger partial charge is 0.482 e. The zero-order chi connectivity index (χ0) is 16.2. The number of rotatable bonds is 4. The highest BCUT2D eigenvalue weighted by Crippen LogP contribution is 2.25. The van der Waals surface area contributed by atoms with Gasteiger partial charge in [0.2, 0.25) is 0 Å². The van der Waals surface area contributed by atoms with Crippen LogP contribution in [0.5, 0.6) is 5.75 Å². The fraction of sp³-hybridized carbons (Fsp3) is 0.333. The van der Waals surface area contributed by atoms with E-state index in [4.69, 9.17) is 16.3 Å². The third kappa shape index (κ3) is 3.92. The maximum Gasteiger partial charge on any atom is 0.260 e. The lowest BCUT2D eigenvalue weighted by molar-refractivity contribution is -0.133. The van der Waals surface area contributed by atoms with Crippen LogP contribution in [-0.2, 0) is 4.79 Å². The van der Waals surface area contributed by atoms with Gasteiger partial charge in [0.15, 0.2) is 11.7 Å². The summed E-state index contributed by atoms with van der Waals surface area (Å²) in [5.41, 5.74) is 0. The Labute approximate surface area is 142 Å². The first kappa shape index (κ1) is 16.0. The molecular formula is C15H15ClFN3O2S. The molecule has 122 valence electrons. The molecule has 0 saturated carbocycles. The molecule has 1 fully saturated rings. The minimum atomic E-state index is -0.438. The van der Waals surface area contributed by atoms with E-state index in [1.807, 2.05) is 5.38 Å². The molecule has 0 aliphatic carbocycles. The highest BCUT2D eigenvalue weighted by molar-refractivity contribution is 7.13. The summed E-state index contributed by atoms with van der Waals surface area (Å²) in [4.78, 5) is 20.4. The van der Waals surface area contributed by atoms with Crippen molar-refractivity contribution in [2.45, 2.75) is 0 Å². The number of ether oxygens (including phenoxy) is 1. The molecule has 1 aromatic carbocycles. The summed E-state index contributed by atoms with van der Waals surface area (Å²) in [5.74, 6) is -0.237. The lowest BCUT2D eigenvalue weighted by Crippen LogP contribution is -2.50. The Morgan fingerprint density at radius 2 is 2.13 bits per heavy atom. The minimum Gasteiger partial charge on any atom is -0.482 e. The van der Waals surface area contributed by atoms with E-state index in [-0.39, 0.29) is 17.5 Å². The SMILES string of the molecule is O=C(COc1ccc(F)cc1Cl)N1CCN(c2nccs2)CC1. The first-order valence-corrected chi connectivity index (χ1v) is 8.39. The van der Waals surface area contributed by atoms with Crippen molar-refractivity contribution in [3.63, 3.8) is 0 Å². The fourth-order valence-electron chi connectivity index (χ4n) is 2.34. The predicted molar refractivity (Wildman–Crippen MR) is 87.8 cm³/mol. The van der Waals surface area contributed by atoms with E-state index in [0.717, 1.165) is 24.3 Å². The number of hydrogen-bond donors (Lipinski definition) is 0. The Hall–Kier alpha value is -1.86. The van der Waals surface area contributed by atoms with E-state index < -0.39 is 5.82 Å². The zero-order valence-electron chi connectivity index (χ0n) is 12.2. The van der Waals surface area contributed by atoms with Gasteiger partial charge in [-0.15, -0.1) is 11.3 Å². The quantitative estimate of drug-likeness (QED) is 0.846. The van der Waals surface area contributed by atoms with Gasteiger partial charge in [0.1, 0.15) is 11.6 Å². The highest BCUT2D eigenvalue weighted by Gasteiger charge is 2.22. The second-order valence-electron chi connectivity index (χ2n) is 5.05. The zero-order valence-corrected chi connectivity index (χ0v) is 13.8. The number of benzene rings is 1. The summed E-state index contributed by atoms with van der Waals surface area (Å²) in [5, 5.41) is 3.07. The van der Waals surface area contributed by atoms with Crippen LogP contribution in [0.1, 0.15) is 0 Å². The van der Waals surface area contributed by atoms with Crippen LogP contribution in [0.25, 0.3) is 0 Å². The molecular weight excluding hydrogens is 341 g/mol. The molecule has 5 nitrogen and oxygen atoms in total. The average molecular weight is 356 g/mol. The Morgan fingerprint density at radius 3 is 2.78 bits per heavy atom. The van der Waals surface area contributed by atoms with Crippen molar-refractivity contribution in [1.29, 1.82) is 0 Å². The van der Waals surface area contributed by atoms with Crippen LogP contribution in [0.2, 0.25) is 5.02 Å². The van der Waals surface area contributed by atoms with Gasteiger partial charge < -0.3 is 14.5 Å². The van der Waals surface area contributed by atoms with Crippen molar-refractivity contribution in [2.24, 2.45) is 0 Å². The summed E-state index contributed by atoms with van der Waals surface area (Å²) in [6, 6.07) is 3.83. The molecule has 1 aromatic heterocycles. The van der Waals surface area contributed by atoms with Crippen molar-refractivity contribution >= 4 is 34.0 Å². The summed E-state index contributed by atoms with van der Waals surface area (Å²) in [7, 11) is 0. The Bertz CT molecular complexity index is 675. The Kier molecular flexibility index (Phi) is 4.97. The Balaban J connectivity index is 1.50. The topological polar surface area (TPSA) is 45.7 Å². The number of piperazine rings is 1. The maximum atomic E-state index is 13.0. The van der Waals surface area contributed by atoms with Gasteiger partial charge in [-0.05, 0) is 18.2 Å². The molecule has 23 heavy (non-hydrogen) atoms. The summed E-state index contributed by atoms with van der Waals surface area (Å²) < 4.78 is 18.4. The third-order valence-electron chi connectivity index (χ3n) is 3.57. The molecule has 1 aliphatic rings. The average Bonchev–Trinajstić information content (AvgIpc) is 3.08. The van der Waals surface area contributed by atoms with E-state index in [0.29, 0.717) is 18.8 Å². The molecule has 3 rings (SSSR count). The van der Waals surface area contributed by atoms with E-state index in [1.54, 1.807) is 22.4 Å². The lowest BCUT2D eigenvalue weighted by atomic mass is 10.3. The first-order valence-electron chi connectivity index (χ1n) is 7.13. The molecule has 2 heterocycles. The number of hydrogen-bond acceptors (Lipinski definition) is 5. The van der Waals surface area contributed by atoms with Crippen molar-refractivity contribution in [1.82, 2.24) is 9.88 Å². The maximum absolute atomic E-state index is 13.0. The fourth-order valence-corrected chi connectivity index (χ4v) is 3.26. The third-order valence-corrected chi connectivity index (χ3v) is 4.69. The molecule has 0 N–H and O–H groups in total. The molecule has 0 spiro atoms. The van der Waals surface area contributed by atoms with Gasteiger partial charge in [0.05, 0.1) is 5.02 Å². The summed E-state index contributed by atoms with van der Waals surface area (Å²) >= 11 is 7.46. The second-order valence-corrected chi connectivity index (χ2v) is 6.33. The number of nitrogens with zero attached hydrogens (tertiary/aromatic N) is 3. The van der Waals surface area contributed by atoms with Crippen molar-refractivity contribution in [3.05, 3.63) is 40.6 Å². The predicted octanol–water partition coefficient (Wildman–Crippen LogP) is 2.66. The van der Waals surface area contributed by atoms with Crippen LogP contribution in [0.4, 0.5) is 9.52 Å². The molecule has 1 aliphatic heterocycles. The molecule has 1 amide bonds. The minimum absolute atomic E-state index is 0.107. The van der Waals surface area contributed by atoms with E-state index in [1.165, 1.54) is 12.1 Å². The number of amides is 1. The van der Waals surface area contributed by atoms with Crippen LogP contribution < -0.4 is 9.64 Å². The van der Waals surface area contributed by atoms with E-state index >= 15 is 0 Å². The molecule has 8 heteroatoms. The molecule has 2 aromatic rings. The first-order chi connectivity index (χ1) is 11.1. The number of thiazole rings is 1. The summed E-state index contributed by atoms with van der Waals surface area (Å²) in [6.45, 7) is 2.63. The van der Waals surface area contributed by atoms with Crippen LogP contribution in [0.3, 0.4) is 0 Å². The number of carbonyl (C=O) groups is 1. The van der Waals surface area contributed by atoms with Gasteiger partial charge in [0.25, 0.3) is 5.91 Å². The molecule has 1 saturated heterocycles. The van der Waals surface area contributed by atoms with Gasteiger partial charge in [0, 0.05) is 37.8 Å². The standard InChI is InChI=1S/C15H15ClFN3O2S/c16-12-9-11(17)1-2-13(12)22-10-14(21)19-4-6-20(7-5-19)15-18-3-8-23-15/h1-3,8-9H,4-7,10H2. The number of aromatic nitrogens is 1. The van der Waals surface area contributed by atoms with Gasteiger partial charge in [-0.2, -0.15) is 0 Å². The van der Waals surface area contributed by atoms with Crippen molar-refractivity contribution < 1.29 is 13.9 Å². The molecule has 0 radical (unpaired) electrons. The summed E-state index contributed by atoms with van der Waals surface area (Å²) in [6.07, 6.45) is 1.78. The van der Waals surface area contributed by atoms with E-state index in [2.05, 4.69) is 9.88 Å². The Morgan fingerprint density at radius 1 is 1.35 bits per heavy atom. The van der Waals surface area contributed by atoms with Crippen molar-refractivity contribution in [2.75, 3.05) is 37.7 Å². The number of carbonyl (C=O) groups excluding carboxylic acids is 1. The van der Waals surface area contributed by atoms with Gasteiger partial charge in [-0.25, -0.2) is 9.37 Å². The number of anilines is 1. The highest BCUT2D eigenvalue weighted by atomic mass is 35.5. The molecule has 0 bridgehead atoms. The van der Waals surface area contributed by atoms with Crippen molar-refractivity contribution in [3.8, 4) is 5.75 Å². The monoisotopic (exact) mass is 355 g/mol. The van der Waals surface area contributed by atoms with Crippen LogP contribution in [0.15, 0.2) is 29.8 Å².